The zero-order valence-corrected chi connectivity index (χ0v) is 24.2. The van der Waals surface area contributed by atoms with E-state index < -0.39 is 0 Å². The molecule has 1 amide bonds. The average Bonchev–Trinajstić information content (AvgIpc) is 3.68. The molecule has 2 aromatic heterocycles. The maximum atomic E-state index is 12.8. The summed E-state index contributed by atoms with van der Waals surface area (Å²) in [5.74, 6) is 1.87. The molecule has 0 spiro atoms. The van der Waals surface area contributed by atoms with Crippen molar-refractivity contribution in [1.82, 2.24) is 25.1 Å². The third-order valence-electron chi connectivity index (χ3n) is 7.62. The van der Waals surface area contributed by atoms with E-state index in [0.29, 0.717) is 31.2 Å². The number of hydrogen-bond donors (Lipinski definition) is 2. The number of hydrogen-bond acceptors (Lipinski definition) is 7. The zero-order chi connectivity index (χ0) is 29.3. The number of oxazole rings is 1. The highest BCUT2D eigenvalue weighted by Gasteiger charge is 2.17. The zero-order valence-electron chi connectivity index (χ0n) is 24.2. The number of aromatic nitrogens is 2. The summed E-state index contributed by atoms with van der Waals surface area (Å²) in [6, 6.07) is 26.3. The number of rotatable bonds is 13. The lowest BCUT2D eigenvalue weighted by atomic mass is 10.1. The number of nitrogens with zero attached hydrogens (tertiary/aromatic N) is 3. The van der Waals surface area contributed by atoms with Gasteiger partial charge in [0.25, 0.3) is 5.91 Å². The highest BCUT2D eigenvalue weighted by molar-refractivity contribution is 5.91. The molecule has 3 aromatic carbocycles. The van der Waals surface area contributed by atoms with Crippen LogP contribution < -0.4 is 10.1 Å². The Kier molecular flexibility index (Phi) is 9.44. The van der Waals surface area contributed by atoms with Crippen LogP contribution in [0.3, 0.4) is 0 Å². The van der Waals surface area contributed by atoms with Gasteiger partial charge in [0.1, 0.15) is 17.8 Å². The second-order valence-electron chi connectivity index (χ2n) is 10.7. The minimum absolute atomic E-state index is 0.223. The van der Waals surface area contributed by atoms with Crippen LogP contribution in [0.4, 0.5) is 0 Å². The Hall–Kier alpha value is -4.44. The molecule has 43 heavy (non-hydrogen) atoms. The van der Waals surface area contributed by atoms with Gasteiger partial charge in [-0.15, -0.1) is 0 Å². The Bertz CT molecular complexity index is 1610. The van der Waals surface area contributed by atoms with Crippen molar-refractivity contribution in [1.29, 1.82) is 0 Å². The Morgan fingerprint density at radius 1 is 0.977 bits per heavy atom. The number of para-hydroxylation sites is 2. The van der Waals surface area contributed by atoms with Crippen molar-refractivity contribution in [3.05, 3.63) is 114 Å². The predicted octanol–water partition coefficient (Wildman–Crippen LogP) is 5.26. The molecule has 2 N–H and O–H groups in total. The lowest BCUT2D eigenvalue weighted by Gasteiger charge is -2.26. The molecule has 0 unspecified atom stereocenters. The molecule has 1 saturated heterocycles. The number of nitrogens with one attached hydrogen (secondary N) is 2. The number of amides is 1. The van der Waals surface area contributed by atoms with E-state index in [4.69, 9.17) is 13.9 Å². The van der Waals surface area contributed by atoms with Gasteiger partial charge in [-0.1, -0.05) is 48.5 Å². The fourth-order valence-corrected chi connectivity index (χ4v) is 5.34. The summed E-state index contributed by atoms with van der Waals surface area (Å²) < 4.78 is 17.3. The van der Waals surface area contributed by atoms with Gasteiger partial charge in [0.05, 0.1) is 19.8 Å². The van der Waals surface area contributed by atoms with Gasteiger partial charge in [0, 0.05) is 56.4 Å². The van der Waals surface area contributed by atoms with Gasteiger partial charge in [0.2, 0.25) is 5.89 Å². The number of aromatic amines is 1. The lowest BCUT2D eigenvalue weighted by molar-refractivity contribution is 0.0383. The average molecular weight is 580 g/mol. The Morgan fingerprint density at radius 2 is 1.79 bits per heavy atom. The molecular weight excluding hydrogens is 542 g/mol. The van der Waals surface area contributed by atoms with Crippen molar-refractivity contribution in [2.24, 2.45) is 0 Å². The molecule has 0 aliphatic carbocycles. The van der Waals surface area contributed by atoms with Crippen LogP contribution in [0.25, 0.3) is 10.9 Å². The molecule has 0 radical (unpaired) electrons. The van der Waals surface area contributed by atoms with Crippen LogP contribution >= 0.6 is 0 Å². The second-order valence-corrected chi connectivity index (χ2v) is 10.7. The van der Waals surface area contributed by atoms with Crippen molar-refractivity contribution in [3.63, 3.8) is 0 Å². The molecule has 0 bridgehead atoms. The Morgan fingerprint density at radius 3 is 2.67 bits per heavy atom. The van der Waals surface area contributed by atoms with Crippen molar-refractivity contribution >= 4 is 16.8 Å². The predicted molar refractivity (Wildman–Crippen MR) is 165 cm³/mol. The summed E-state index contributed by atoms with van der Waals surface area (Å²) in [5, 5.41) is 4.19. The summed E-state index contributed by atoms with van der Waals surface area (Å²) >= 11 is 0. The van der Waals surface area contributed by atoms with Gasteiger partial charge in [0.15, 0.2) is 5.69 Å². The first-order chi connectivity index (χ1) is 21.2. The minimum Gasteiger partial charge on any atom is -0.457 e. The van der Waals surface area contributed by atoms with E-state index in [1.165, 1.54) is 17.2 Å². The summed E-state index contributed by atoms with van der Waals surface area (Å²) in [7, 11) is 0. The third-order valence-corrected chi connectivity index (χ3v) is 7.62. The van der Waals surface area contributed by atoms with Crippen LogP contribution in [0.1, 0.15) is 27.5 Å². The summed E-state index contributed by atoms with van der Waals surface area (Å²) in [5.41, 5.74) is 3.80. The molecule has 5 aromatic rings. The van der Waals surface area contributed by atoms with Gasteiger partial charge in [-0.25, -0.2) is 4.98 Å². The van der Waals surface area contributed by atoms with E-state index in [9.17, 15) is 4.79 Å². The highest BCUT2D eigenvalue weighted by atomic mass is 16.5. The number of fused-ring (bicyclic) bond motifs is 1. The summed E-state index contributed by atoms with van der Waals surface area (Å²) in [6.45, 7) is 6.50. The van der Waals surface area contributed by atoms with Crippen molar-refractivity contribution in [3.8, 4) is 11.5 Å². The normalized spacial score (nSPS) is 13.9. The van der Waals surface area contributed by atoms with E-state index in [-0.39, 0.29) is 5.91 Å². The van der Waals surface area contributed by atoms with Crippen LogP contribution in [0.5, 0.6) is 11.5 Å². The molecule has 9 nitrogen and oxygen atoms in total. The Balaban J connectivity index is 1.12. The van der Waals surface area contributed by atoms with Gasteiger partial charge >= 0.3 is 0 Å². The number of benzene rings is 3. The first-order valence-electron chi connectivity index (χ1n) is 14.8. The van der Waals surface area contributed by atoms with Gasteiger partial charge in [-0.3, -0.25) is 14.6 Å². The first kappa shape index (κ1) is 28.7. The molecule has 3 heterocycles. The van der Waals surface area contributed by atoms with E-state index in [0.717, 1.165) is 68.4 Å². The maximum Gasteiger partial charge on any atom is 0.273 e. The van der Waals surface area contributed by atoms with Crippen LogP contribution in [-0.2, 0) is 24.2 Å². The van der Waals surface area contributed by atoms with Crippen molar-refractivity contribution < 1.29 is 18.7 Å². The number of carbonyl (C=O) groups excluding carboxylic acids is 1. The molecule has 9 heteroatoms. The van der Waals surface area contributed by atoms with E-state index in [2.05, 4.69) is 61.6 Å². The standard InChI is InChI=1S/C34H37N5O4/c40-34(35-14-16-38-17-19-41-20-18-38)32-25-42-33(37-32)24-39(15-13-27-22-36-31-12-5-4-11-30(27)31)23-26-7-6-10-29(21-26)43-28-8-2-1-3-9-28/h1-12,21-22,25,36H,13-20,23-24H2,(H,35,40). The Labute approximate surface area is 251 Å². The lowest BCUT2D eigenvalue weighted by Crippen LogP contribution is -2.41. The first-order valence-corrected chi connectivity index (χ1v) is 14.8. The number of carbonyl (C=O) groups is 1. The largest absolute Gasteiger partial charge is 0.457 e. The smallest absolute Gasteiger partial charge is 0.273 e. The fourth-order valence-electron chi connectivity index (χ4n) is 5.34. The second kappa shape index (κ2) is 14.2. The van der Waals surface area contributed by atoms with E-state index in [1.54, 1.807) is 0 Å². The molecule has 1 aliphatic rings. The molecule has 1 fully saturated rings. The quantitative estimate of drug-likeness (QED) is 0.197. The van der Waals surface area contributed by atoms with Gasteiger partial charge < -0.3 is 24.2 Å². The monoisotopic (exact) mass is 579 g/mol. The summed E-state index contributed by atoms with van der Waals surface area (Å²) in [4.78, 5) is 25.2. The van der Waals surface area contributed by atoms with Gasteiger partial charge in [-0.05, 0) is 47.9 Å². The highest BCUT2D eigenvalue weighted by Crippen LogP contribution is 2.24. The topological polar surface area (TPSA) is 95.9 Å². The van der Waals surface area contributed by atoms with Crippen molar-refractivity contribution in [2.75, 3.05) is 45.9 Å². The van der Waals surface area contributed by atoms with Crippen LogP contribution in [-0.4, -0.2) is 71.6 Å². The molecular formula is C34H37N5O4. The van der Waals surface area contributed by atoms with E-state index >= 15 is 0 Å². The number of H-pyrrole nitrogens is 1. The maximum absolute atomic E-state index is 12.8. The molecule has 0 saturated carbocycles. The summed E-state index contributed by atoms with van der Waals surface area (Å²) in [6.07, 6.45) is 4.38. The fraction of sp³-hybridized carbons (Fsp3) is 0.294. The third kappa shape index (κ3) is 7.90. The molecule has 6 rings (SSSR count). The van der Waals surface area contributed by atoms with Crippen LogP contribution in [0, 0.1) is 0 Å². The minimum atomic E-state index is -0.223. The SMILES string of the molecule is O=C(NCCN1CCOCC1)c1coc(CN(CCc2c[nH]c3ccccc23)Cc2cccc(Oc3ccccc3)c2)n1. The van der Waals surface area contributed by atoms with Crippen molar-refractivity contribution in [2.45, 2.75) is 19.5 Å². The van der Waals surface area contributed by atoms with E-state index in [1.807, 2.05) is 48.5 Å². The number of ether oxygens (including phenoxy) is 2. The van der Waals surface area contributed by atoms with Crippen LogP contribution in [0.15, 0.2) is 95.7 Å². The molecule has 1 aliphatic heterocycles. The van der Waals surface area contributed by atoms with Gasteiger partial charge in [-0.2, -0.15) is 0 Å². The number of morpholine rings is 1. The molecule has 0 atom stereocenters. The van der Waals surface area contributed by atoms with Crippen LogP contribution in [0.2, 0.25) is 0 Å². The molecule has 222 valence electrons.